The van der Waals surface area contributed by atoms with Crippen molar-refractivity contribution in [2.45, 2.75) is 13.3 Å². The van der Waals surface area contributed by atoms with Gasteiger partial charge in [-0.25, -0.2) is 0 Å². The van der Waals surface area contributed by atoms with Gasteiger partial charge in [-0.3, -0.25) is 0 Å². The molecule has 20 heavy (non-hydrogen) atoms. The van der Waals surface area contributed by atoms with Gasteiger partial charge in [0.15, 0.2) is 0 Å². The molecule has 0 atom stereocenters. The number of para-hydroxylation sites is 1. The van der Waals surface area contributed by atoms with Gasteiger partial charge in [0, 0.05) is 15.5 Å². The second-order valence-corrected chi connectivity index (χ2v) is 5.95. The zero-order valence-electron chi connectivity index (χ0n) is 10.6. The molecular weight excluding hydrogens is 409 g/mol. The fraction of sp³-hybridized carbons (Fsp3) is 0.250. The summed E-state index contributed by atoms with van der Waals surface area (Å²) in [6.45, 7) is 2.84. The van der Waals surface area contributed by atoms with Crippen LogP contribution in [0.2, 0.25) is 5.28 Å². The highest BCUT2D eigenvalue weighted by molar-refractivity contribution is 9.11. The number of halogens is 3. The van der Waals surface area contributed by atoms with Crippen LogP contribution in [0.4, 0.5) is 17.6 Å². The van der Waals surface area contributed by atoms with Gasteiger partial charge in [0.1, 0.15) is 0 Å². The van der Waals surface area contributed by atoms with Gasteiger partial charge < -0.3 is 10.6 Å². The summed E-state index contributed by atoms with van der Waals surface area (Å²) >= 11 is 12.9. The summed E-state index contributed by atoms with van der Waals surface area (Å²) in [4.78, 5) is 12.4. The molecule has 5 nitrogen and oxygen atoms in total. The first-order valence-electron chi connectivity index (χ1n) is 5.96. The van der Waals surface area contributed by atoms with Crippen molar-refractivity contribution >= 4 is 61.0 Å². The topological polar surface area (TPSA) is 62.7 Å². The van der Waals surface area contributed by atoms with E-state index in [9.17, 15) is 0 Å². The Bertz CT molecular complexity index is 588. The third-order valence-corrected chi connectivity index (χ3v) is 3.83. The molecule has 0 amide bonds. The zero-order chi connectivity index (χ0) is 14.5. The van der Waals surface area contributed by atoms with Crippen LogP contribution in [-0.4, -0.2) is 21.5 Å². The first-order valence-corrected chi connectivity index (χ1v) is 7.93. The van der Waals surface area contributed by atoms with Gasteiger partial charge in [0.05, 0.1) is 5.69 Å². The van der Waals surface area contributed by atoms with Crippen LogP contribution in [0.3, 0.4) is 0 Å². The van der Waals surface area contributed by atoms with Crippen LogP contribution in [-0.2, 0) is 0 Å². The van der Waals surface area contributed by atoms with Crippen LogP contribution in [0.25, 0.3) is 0 Å². The molecule has 0 saturated heterocycles. The fourth-order valence-corrected chi connectivity index (χ4v) is 2.81. The lowest BCUT2D eigenvalue weighted by Crippen LogP contribution is -2.08. The molecule has 2 N–H and O–H groups in total. The molecule has 1 aromatic heterocycles. The van der Waals surface area contributed by atoms with E-state index in [1.807, 2.05) is 18.2 Å². The van der Waals surface area contributed by atoms with Crippen LogP contribution in [0.5, 0.6) is 0 Å². The monoisotopic (exact) mass is 419 g/mol. The Kier molecular flexibility index (Phi) is 5.56. The molecule has 0 saturated carbocycles. The second-order valence-electron chi connectivity index (χ2n) is 3.90. The van der Waals surface area contributed by atoms with E-state index in [2.05, 4.69) is 64.4 Å². The molecule has 0 fully saturated rings. The number of hydrogen-bond donors (Lipinski definition) is 2. The van der Waals surface area contributed by atoms with Crippen molar-refractivity contribution in [2.75, 3.05) is 17.2 Å². The van der Waals surface area contributed by atoms with Crippen LogP contribution in [0.15, 0.2) is 27.1 Å². The molecule has 1 heterocycles. The maximum absolute atomic E-state index is 5.91. The van der Waals surface area contributed by atoms with Gasteiger partial charge in [-0.15, -0.1) is 0 Å². The third kappa shape index (κ3) is 4.04. The van der Waals surface area contributed by atoms with Crippen LogP contribution in [0, 0.1) is 0 Å². The first kappa shape index (κ1) is 15.5. The Morgan fingerprint density at radius 3 is 2.40 bits per heavy atom. The molecular formula is C12H12Br2ClN5. The Balaban J connectivity index is 2.27. The maximum Gasteiger partial charge on any atom is 0.233 e. The van der Waals surface area contributed by atoms with Crippen LogP contribution < -0.4 is 10.6 Å². The molecule has 0 aliphatic carbocycles. The van der Waals surface area contributed by atoms with E-state index in [-0.39, 0.29) is 5.28 Å². The van der Waals surface area contributed by atoms with Crippen molar-refractivity contribution in [2.24, 2.45) is 0 Å². The molecule has 0 unspecified atom stereocenters. The van der Waals surface area contributed by atoms with Gasteiger partial charge in [-0.1, -0.05) is 13.0 Å². The van der Waals surface area contributed by atoms with Crippen molar-refractivity contribution in [3.05, 3.63) is 32.4 Å². The number of benzene rings is 1. The Labute approximate surface area is 138 Å². The fourth-order valence-electron chi connectivity index (χ4n) is 1.45. The minimum atomic E-state index is 0.143. The van der Waals surface area contributed by atoms with E-state index in [1.54, 1.807) is 0 Å². The molecule has 8 heteroatoms. The lowest BCUT2D eigenvalue weighted by molar-refractivity contribution is 0.940. The summed E-state index contributed by atoms with van der Waals surface area (Å²) in [5.74, 6) is 0.841. The first-order chi connectivity index (χ1) is 9.60. The minimum Gasteiger partial charge on any atom is -0.354 e. The van der Waals surface area contributed by atoms with E-state index in [1.165, 1.54) is 0 Å². The summed E-state index contributed by atoms with van der Waals surface area (Å²) < 4.78 is 1.79. The highest BCUT2D eigenvalue weighted by atomic mass is 79.9. The molecule has 0 spiro atoms. The molecule has 0 bridgehead atoms. The molecule has 0 aliphatic heterocycles. The molecule has 106 valence electrons. The van der Waals surface area contributed by atoms with Crippen molar-refractivity contribution in [3.63, 3.8) is 0 Å². The average Bonchev–Trinajstić information content (AvgIpc) is 2.40. The molecule has 0 radical (unpaired) electrons. The predicted molar refractivity (Wildman–Crippen MR) is 88.7 cm³/mol. The summed E-state index contributed by atoms with van der Waals surface area (Å²) in [7, 11) is 0. The number of hydrogen-bond acceptors (Lipinski definition) is 5. The van der Waals surface area contributed by atoms with Crippen molar-refractivity contribution in [1.82, 2.24) is 15.0 Å². The second kappa shape index (κ2) is 7.19. The highest BCUT2D eigenvalue weighted by Gasteiger charge is 2.09. The van der Waals surface area contributed by atoms with Gasteiger partial charge >= 0.3 is 0 Å². The van der Waals surface area contributed by atoms with E-state index < -0.39 is 0 Å². The number of nitrogens with zero attached hydrogens (tertiary/aromatic N) is 3. The summed E-state index contributed by atoms with van der Waals surface area (Å²) in [5, 5.41) is 6.34. The predicted octanol–water partition coefficient (Wildman–Crippen LogP) is 4.62. The smallest absolute Gasteiger partial charge is 0.233 e. The standard InChI is InChI=1S/C12H12Br2ClN5/c1-2-6-16-11-18-10(15)19-12(20-11)17-9-7(13)4-3-5-8(9)14/h3-5H,2,6H2,1H3,(H2,16,17,18,19,20). The molecule has 2 aromatic rings. The number of rotatable bonds is 5. The molecule has 2 rings (SSSR count). The quantitative estimate of drug-likeness (QED) is 0.738. The van der Waals surface area contributed by atoms with Crippen molar-refractivity contribution in [3.8, 4) is 0 Å². The lowest BCUT2D eigenvalue weighted by atomic mass is 10.3. The number of anilines is 3. The van der Waals surface area contributed by atoms with Crippen LogP contribution in [0.1, 0.15) is 13.3 Å². The van der Waals surface area contributed by atoms with E-state index >= 15 is 0 Å². The maximum atomic E-state index is 5.91. The van der Waals surface area contributed by atoms with Crippen molar-refractivity contribution < 1.29 is 0 Å². The Morgan fingerprint density at radius 2 is 1.75 bits per heavy atom. The van der Waals surface area contributed by atoms with Crippen molar-refractivity contribution in [1.29, 1.82) is 0 Å². The minimum absolute atomic E-state index is 0.143. The average molecular weight is 422 g/mol. The highest BCUT2D eigenvalue weighted by Crippen LogP contribution is 2.32. The van der Waals surface area contributed by atoms with Gasteiger partial charge in [0.2, 0.25) is 17.2 Å². The van der Waals surface area contributed by atoms with Gasteiger partial charge in [-0.05, 0) is 62.0 Å². The summed E-state index contributed by atoms with van der Waals surface area (Å²) in [6, 6.07) is 5.77. The largest absolute Gasteiger partial charge is 0.354 e. The number of aromatic nitrogens is 3. The van der Waals surface area contributed by atoms with E-state index in [0.29, 0.717) is 11.9 Å². The summed E-state index contributed by atoms with van der Waals surface area (Å²) in [6.07, 6.45) is 0.974. The zero-order valence-corrected chi connectivity index (χ0v) is 14.5. The van der Waals surface area contributed by atoms with Gasteiger partial charge in [-0.2, -0.15) is 15.0 Å². The van der Waals surface area contributed by atoms with Crippen LogP contribution >= 0.6 is 43.5 Å². The summed E-state index contributed by atoms with van der Waals surface area (Å²) in [5.41, 5.74) is 0.830. The third-order valence-electron chi connectivity index (χ3n) is 2.34. The van der Waals surface area contributed by atoms with Gasteiger partial charge in [0.25, 0.3) is 0 Å². The SMILES string of the molecule is CCCNc1nc(Cl)nc(Nc2c(Br)cccc2Br)n1. The Hall–Kier alpha value is -0.920. The van der Waals surface area contributed by atoms with E-state index in [4.69, 9.17) is 11.6 Å². The molecule has 1 aromatic carbocycles. The normalized spacial score (nSPS) is 10.4. The molecule has 0 aliphatic rings. The number of nitrogens with one attached hydrogen (secondary N) is 2. The lowest BCUT2D eigenvalue weighted by Gasteiger charge is -2.10. The Morgan fingerprint density at radius 1 is 1.10 bits per heavy atom. The van der Waals surface area contributed by atoms with E-state index in [0.717, 1.165) is 27.6 Å².